The highest BCUT2D eigenvalue weighted by atomic mass is 15.0. The van der Waals surface area contributed by atoms with E-state index in [9.17, 15) is 0 Å². The van der Waals surface area contributed by atoms with E-state index in [1.54, 1.807) is 0 Å². The SMILES string of the molecule is CNC(c1ccc(C(C)(C)C)cc1)C(C)(C)NC. The van der Waals surface area contributed by atoms with Gasteiger partial charge in [-0.05, 0) is 44.5 Å². The molecule has 2 nitrogen and oxygen atoms in total. The predicted octanol–water partition coefficient (Wildman–Crippen LogP) is 3.24. The smallest absolute Gasteiger partial charge is 0.0497 e. The van der Waals surface area contributed by atoms with Crippen molar-refractivity contribution < 1.29 is 0 Å². The van der Waals surface area contributed by atoms with Crippen molar-refractivity contribution in [1.29, 1.82) is 0 Å². The summed E-state index contributed by atoms with van der Waals surface area (Å²) < 4.78 is 0. The molecule has 0 saturated carbocycles. The Balaban J connectivity index is 3.03. The van der Waals surface area contributed by atoms with Gasteiger partial charge >= 0.3 is 0 Å². The average Bonchev–Trinajstić information content (AvgIpc) is 2.29. The largest absolute Gasteiger partial charge is 0.313 e. The zero-order chi connectivity index (χ0) is 14.0. The van der Waals surface area contributed by atoms with Crippen LogP contribution in [0.5, 0.6) is 0 Å². The molecule has 0 aliphatic carbocycles. The first kappa shape index (κ1) is 15.2. The second kappa shape index (κ2) is 5.41. The minimum atomic E-state index is 0.0258. The molecule has 0 aliphatic heterocycles. The zero-order valence-corrected chi connectivity index (χ0v) is 12.9. The van der Waals surface area contributed by atoms with Crippen LogP contribution in [0.3, 0.4) is 0 Å². The van der Waals surface area contributed by atoms with Crippen molar-refractivity contribution in [1.82, 2.24) is 10.6 Å². The Morgan fingerprint density at radius 3 is 1.72 bits per heavy atom. The number of hydrogen-bond acceptors (Lipinski definition) is 2. The van der Waals surface area contributed by atoms with Gasteiger partial charge in [-0.25, -0.2) is 0 Å². The molecule has 0 fully saturated rings. The van der Waals surface area contributed by atoms with E-state index in [0.717, 1.165) is 0 Å². The summed E-state index contributed by atoms with van der Waals surface area (Å²) in [6.45, 7) is 11.2. The van der Waals surface area contributed by atoms with Crippen LogP contribution in [0.1, 0.15) is 51.8 Å². The second-order valence-electron chi connectivity index (χ2n) is 6.57. The number of benzene rings is 1. The Kier molecular flexibility index (Phi) is 4.57. The monoisotopic (exact) mass is 248 g/mol. The van der Waals surface area contributed by atoms with Crippen molar-refractivity contribution in [2.45, 2.75) is 51.6 Å². The molecule has 2 heteroatoms. The third kappa shape index (κ3) is 3.33. The van der Waals surface area contributed by atoms with E-state index in [4.69, 9.17) is 0 Å². The van der Waals surface area contributed by atoms with Gasteiger partial charge in [0.2, 0.25) is 0 Å². The molecule has 2 N–H and O–H groups in total. The third-order valence-electron chi connectivity index (χ3n) is 3.76. The first-order valence-corrected chi connectivity index (χ1v) is 6.69. The summed E-state index contributed by atoms with van der Waals surface area (Å²) in [5.74, 6) is 0. The van der Waals surface area contributed by atoms with Gasteiger partial charge in [0.15, 0.2) is 0 Å². The standard InChI is InChI=1S/C16H28N2/c1-15(2,3)13-10-8-12(9-11-13)14(17-6)16(4,5)18-7/h8-11,14,17-18H,1-7H3. The normalized spacial score (nSPS) is 14.6. The van der Waals surface area contributed by atoms with E-state index in [1.807, 2.05) is 14.1 Å². The van der Waals surface area contributed by atoms with E-state index in [0.29, 0.717) is 6.04 Å². The molecule has 0 radical (unpaired) electrons. The Morgan fingerprint density at radius 1 is 0.889 bits per heavy atom. The highest BCUT2D eigenvalue weighted by Gasteiger charge is 2.27. The van der Waals surface area contributed by atoms with Crippen molar-refractivity contribution in [3.63, 3.8) is 0 Å². The van der Waals surface area contributed by atoms with Crippen LogP contribution in [0.4, 0.5) is 0 Å². The molecule has 0 aliphatic rings. The lowest BCUT2D eigenvalue weighted by Gasteiger charge is -2.34. The summed E-state index contributed by atoms with van der Waals surface area (Å²) in [6.07, 6.45) is 0. The van der Waals surface area contributed by atoms with Crippen molar-refractivity contribution in [2.24, 2.45) is 0 Å². The maximum atomic E-state index is 3.41. The van der Waals surface area contributed by atoms with E-state index >= 15 is 0 Å². The lowest BCUT2D eigenvalue weighted by atomic mass is 9.84. The Morgan fingerprint density at radius 2 is 1.39 bits per heavy atom. The van der Waals surface area contributed by atoms with Crippen LogP contribution in [-0.2, 0) is 5.41 Å². The molecule has 1 aromatic carbocycles. The molecule has 0 saturated heterocycles. The summed E-state index contributed by atoms with van der Waals surface area (Å²) >= 11 is 0. The molecule has 1 atom stereocenters. The van der Waals surface area contributed by atoms with Gasteiger partial charge in [-0.1, -0.05) is 45.0 Å². The van der Waals surface area contributed by atoms with Crippen LogP contribution in [0, 0.1) is 0 Å². The minimum Gasteiger partial charge on any atom is -0.313 e. The van der Waals surface area contributed by atoms with Gasteiger partial charge in [0.05, 0.1) is 0 Å². The van der Waals surface area contributed by atoms with Gasteiger partial charge in [0.1, 0.15) is 0 Å². The highest BCUT2D eigenvalue weighted by Crippen LogP contribution is 2.28. The zero-order valence-electron chi connectivity index (χ0n) is 12.9. The second-order valence-corrected chi connectivity index (χ2v) is 6.57. The lowest BCUT2D eigenvalue weighted by Crippen LogP contribution is -2.47. The molecule has 0 bridgehead atoms. The Hall–Kier alpha value is -0.860. The molecule has 102 valence electrons. The topological polar surface area (TPSA) is 24.1 Å². The van der Waals surface area contributed by atoms with Crippen LogP contribution < -0.4 is 10.6 Å². The first-order chi connectivity index (χ1) is 8.22. The summed E-state index contributed by atoms with van der Waals surface area (Å²) in [5, 5.41) is 6.78. The number of hydrogen-bond donors (Lipinski definition) is 2. The molecular weight excluding hydrogens is 220 g/mol. The van der Waals surface area contributed by atoms with Gasteiger partial charge in [-0.3, -0.25) is 0 Å². The van der Waals surface area contributed by atoms with Crippen LogP contribution >= 0.6 is 0 Å². The molecule has 1 unspecified atom stereocenters. The Labute approximate surface area is 112 Å². The van der Waals surface area contributed by atoms with Crippen LogP contribution in [0.25, 0.3) is 0 Å². The van der Waals surface area contributed by atoms with E-state index in [2.05, 4.69) is 69.5 Å². The molecule has 1 rings (SSSR count). The number of nitrogens with one attached hydrogen (secondary N) is 2. The van der Waals surface area contributed by atoms with E-state index in [-0.39, 0.29) is 11.0 Å². The van der Waals surface area contributed by atoms with Crippen molar-refractivity contribution >= 4 is 0 Å². The maximum Gasteiger partial charge on any atom is 0.0497 e. The minimum absolute atomic E-state index is 0.0258. The van der Waals surface area contributed by atoms with E-state index in [1.165, 1.54) is 11.1 Å². The number of rotatable bonds is 4. The van der Waals surface area contributed by atoms with E-state index < -0.39 is 0 Å². The van der Waals surface area contributed by atoms with Crippen molar-refractivity contribution in [2.75, 3.05) is 14.1 Å². The van der Waals surface area contributed by atoms with Crippen molar-refractivity contribution in [3.8, 4) is 0 Å². The Bertz CT molecular complexity index is 371. The number of likely N-dealkylation sites (N-methyl/N-ethyl adjacent to an activating group) is 2. The molecule has 0 aromatic heterocycles. The first-order valence-electron chi connectivity index (χ1n) is 6.69. The van der Waals surface area contributed by atoms with Gasteiger partial charge in [-0.2, -0.15) is 0 Å². The molecule has 0 spiro atoms. The van der Waals surface area contributed by atoms with Crippen LogP contribution in [-0.4, -0.2) is 19.6 Å². The molecular formula is C16H28N2. The van der Waals surface area contributed by atoms with Gasteiger partial charge < -0.3 is 10.6 Å². The average molecular weight is 248 g/mol. The van der Waals surface area contributed by atoms with Crippen LogP contribution in [0.2, 0.25) is 0 Å². The van der Waals surface area contributed by atoms with Gasteiger partial charge in [0.25, 0.3) is 0 Å². The van der Waals surface area contributed by atoms with Crippen LogP contribution in [0.15, 0.2) is 24.3 Å². The summed E-state index contributed by atoms with van der Waals surface area (Å²) in [6, 6.07) is 9.26. The summed E-state index contributed by atoms with van der Waals surface area (Å²) in [4.78, 5) is 0. The van der Waals surface area contributed by atoms with Crippen molar-refractivity contribution in [3.05, 3.63) is 35.4 Å². The fourth-order valence-electron chi connectivity index (χ4n) is 2.26. The third-order valence-corrected chi connectivity index (χ3v) is 3.76. The molecule has 0 heterocycles. The summed E-state index contributed by atoms with van der Waals surface area (Å²) in [5.41, 5.74) is 2.94. The maximum absolute atomic E-state index is 3.41. The van der Waals surface area contributed by atoms with Gasteiger partial charge in [-0.15, -0.1) is 0 Å². The quantitative estimate of drug-likeness (QED) is 0.855. The predicted molar refractivity (Wildman–Crippen MR) is 80.1 cm³/mol. The molecule has 1 aromatic rings. The highest BCUT2D eigenvalue weighted by molar-refractivity contribution is 5.30. The fraction of sp³-hybridized carbons (Fsp3) is 0.625. The molecule has 0 amide bonds. The van der Waals surface area contributed by atoms with Gasteiger partial charge in [0, 0.05) is 11.6 Å². The fourth-order valence-corrected chi connectivity index (χ4v) is 2.26. The molecule has 18 heavy (non-hydrogen) atoms. The lowest BCUT2D eigenvalue weighted by molar-refractivity contribution is 0.311. The summed E-state index contributed by atoms with van der Waals surface area (Å²) in [7, 11) is 4.02.